The average Bonchev–Trinajstić information content (AvgIpc) is 2.35. The smallest absolute Gasteiger partial charge is 0.0606 e. The number of rotatable bonds is 6. The topological polar surface area (TPSA) is 35.5 Å². The number of hydrogen-bond donors (Lipinski definition) is 2. The SMILES string of the molecule is CCN(CCO)c1ccc(C(C)NC)cc1Br. The van der Waals surface area contributed by atoms with E-state index in [1.807, 2.05) is 7.05 Å². The van der Waals surface area contributed by atoms with Gasteiger partial charge in [0, 0.05) is 23.6 Å². The second-order valence-corrected chi connectivity index (χ2v) is 4.88. The Morgan fingerprint density at radius 1 is 1.47 bits per heavy atom. The number of aliphatic hydroxyl groups is 1. The van der Waals surface area contributed by atoms with Crippen LogP contribution in [0.1, 0.15) is 25.5 Å². The summed E-state index contributed by atoms with van der Waals surface area (Å²) in [5, 5.41) is 12.3. The maximum absolute atomic E-state index is 9.03. The van der Waals surface area contributed by atoms with Gasteiger partial charge in [-0.15, -0.1) is 0 Å². The van der Waals surface area contributed by atoms with Crippen LogP contribution < -0.4 is 10.2 Å². The van der Waals surface area contributed by atoms with Gasteiger partial charge in [-0.2, -0.15) is 0 Å². The van der Waals surface area contributed by atoms with Crippen LogP contribution >= 0.6 is 15.9 Å². The highest BCUT2D eigenvalue weighted by Crippen LogP contribution is 2.29. The van der Waals surface area contributed by atoms with Crippen LogP contribution in [-0.2, 0) is 0 Å². The van der Waals surface area contributed by atoms with Crippen molar-refractivity contribution < 1.29 is 5.11 Å². The first-order chi connectivity index (χ1) is 8.13. The van der Waals surface area contributed by atoms with Crippen LogP contribution in [0.25, 0.3) is 0 Å². The number of aliphatic hydroxyl groups excluding tert-OH is 1. The molecule has 2 N–H and O–H groups in total. The molecular weight excluding hydrogens is 280 g/mol. The number of halogens is 1. The molecule has 1 atom stereocenters. The molecule has 1 unspecified atom stereocenters. The fraction of sp³-hybridized carbons (Fsp3) is 0.538. The van der Waals surface area contributed by atoms with Crippen molar-refractivity contribution in [1.82, 2.24) is 5.32 Å². The molecule has 0 amide bonds. The molecule has 0 aliphatic carbocycles. The Morgan fingerprint density at radius 2 is 2.18 bits per heavy atom. The van der Waals surface area contributed by atoms with Crippen molar-refractivity contribution in [2.24, 2.45) is 0 Å². The zero-order valence-corrected chi connectivity index (χ0v) is 12.3. The number of benzene rings is 1. The molecule has 4 heteroatoms. The Bertz CT molecular complexity index is 357. The number of nitrogens with one attached hydrogen (secondary N) is 1. The van der Waals surface area contributed by atoms with Gasteiger partial charge in [-0.05, 0) is 54.5 Å². The lowest BCUT2D eigenvalue weighted by molar-refractivity contribution is 0.302. The Kier molecular flexibility index (Phi) is 5.95. The van der Waals surface area contributed by atoms with Gasteiger partial charge in [0.15, 0.2) is 0 Å². The molecular formula is C13H21BrN2O. The summed E-state index contributed by atoms with van der Waals surface area (Å²) in [6.45, 7) is 5.95. The molecule has 0 bridgehead atoms. The van der Waals surface area contributed by atoms with E-state index in [9.17, 15) is 0 Å². The fourth-order valence-corrected chi connectivity index (χ4v) is 2.43. The van der Waals surface area contributed by atoms with Crippen molar-refractivity contribution in [3.8, 4) is 0 Å². The van der Waals surface area contributed by atoms with Crippen LogP contribution in [0.3, 0.4) is 0 Å². The van der Waals surface area contributed by atoms with Gasteiger partial charge in [0.25, 0.3) is 0 Å². The average molecular weight is 301 g/mol. The molecule has 0 aliphatic heterocycles. The predicted octanol–water partition coefficient (Wildman–Crippen LogP) is 2.55. The van der Waals surface area contributed by atoms with Crippen molar-refractivity contribution in [2.45, 2.75) is 19.9 Å². The number of hydrogen-bond acceptors (Lipinski definition) is 3. The van der Waals surface area contributed by atoms with Crippen LogP contribution in [-0.4, -0.2) is 31.9 Å². The first-order valence-corrected chi connectivity index (χ1v) is 6.75. The molecule has 0 radical (unpaired) electrons. The van der Waals surface area contributed by atoms with Gasteiger partial charge >= 0.3 is 0 Å². The van der Waals surface area contributed by atoms with E-state index < -0.39 is 0 Å². The summed E-state index contributed by atoms with van der Waals surface area (Å²) in [4.78, 5) is 2.15. The van der Waals surface area contributed by atoms with Crippen LogP contribution in [0.2, 0.25) is 0 Å². The number of anilines is 1. The molecule has 1 aromatic rings. The van der Waals surface area contributed by atoms with Crippen LogP contribution in [0, 0.1) is 0 Å². The van der Waals surface area contributed by atoms with E-state index in [-0.39, 0.29) is 6.61 Å². The van der Waals surface area contributed by atoms with Crippen LogP contribution in [0.15, 0.2) is 22.7 Å². The maximum atomic E-state index is 9.03. The first kappa shape index (κ1) is 14.5. The number of likely N-dealkylation sites (N-methyl/N-ethyl adjacent to an activating group) is 1. The molecule has 3 nitrogen and oxygen atoms in total. The second-order valence-electron chi connectivity index (χ2n) is 4.02. The van der Waals surface area contributed by atoms with E-state index in [2.05, 4.69) is 58.2 Å². The van der Waals surface area contributed by atoms with Gasteiger partial charge in [-0.25, -0.2) is 0 Å². The lowest BCUT2D eigenvalue weighted by atomic mass is 10.1. The van der Waals surface area contributed by atoms with E-state index in [1.54, 1.807) is 0 Å². The minimum Gasteiger partial charge on any atom is -0.395 e. The summed E-state index contributed by atoms with van der Waals surface area (Å²) in [7, 11) is 1.95. The third kappa shape index (κ3) is 3.69. The summed E-state index contributed by atoms with van der Waals surface area (Å²) in [6.07, 6.45) is 0. The Morgan fingerprint density at radius 3 is 2.65 bits per heavy atom. The largest absolute Gasteiger partial charge is 0.395 e. The molecule has 0 spiro atoms. The molecule has 0 saturated carbocycles. The van der Waals surface area contributed by atoms with Gasteiger partial charge in [0.1, 0.15) is 0 Å². The summed E-state index contributed by atoms with van der Waals surface area (Å²) < 4.78 is 1.08. The third-order valence-corrected chi connectivity index (χ3v) is 3.63. The second kappa shape index (κ2) is 6.99. The highest BCUT2D eigenvalue weighted by molar-refractivity contribution is 9.10. The van der Waals surface area contributed by atoms with E-state index in [1.165, 1.54) is 5.56 Å². The zero-order chi connectivity index (χ0) is 12.8. The molecule has 0 aliphatic rings. The van der Waals surface area contributed by atoms with Crippen LogP contribution in [0.5, 0.6) is 0 Å². The standard InChI is InChI=1S/C13H21BrN2O/c1-4-16(7-8-17)13-6-5-11(9-12(13)14)10(2)15-3/h5-6,9-10,15,17H,4,7-8H2,1-3H3. The monoisotopic (exact) mass is 300 g/mol. The first-order valence-electron chi connectivity index (χ1n) is 5.96. The molecule has 96 valence electrons. The molecule has 17 heavy (non-hydrogen) atoms. The lowest BCUT2D eigenvalue weighted by Crippen LogP contribution is -2.26. The van der Waals surface area contributed by atoms with Crippen molar-refractivity contribution in [3.63, 3.8) is 0 Å². The summed E-state index contributed by atoms with van der Waals surface area (Å²) >= 11 is 3.60. The Balaban J connectivity index is 2.95. The summed E-state index contributed by atoms with van der Waals surface area (Å²) in [6, 6.07) is 6.71. The van der Waals surface area contributed by atoms with Gasteiger partial charge in [-0.1, -0.05) is 6.07 Å². The Labute approximate surface area is 112 Å². The van der Waals surface area contributed by atoms with Crippen molar-refractivity contribution >= 4 is 21.6 Å². The highest BCUT2D eigenvalue weighted by atomic mass is 79.9. The Hall–Kier alpha value is -0.580. The van der Waals surface area contributed by atoms with Crippen molar-refractivity contribution in [2.75, 3.05) is 31.6 Å². The fourth-order valence-electron chi connectivity index (χ4n) is 1.79. The third-order valence-electron chi connectivity index (χ3n) is 3.00. The highest BCUT2D eigenvalue weighted by Gasteiger charge is 2.10. The molecule has 0 saturated heterocycles. The molecule has 0 fully saturated rings. The van der Waals surface area contributed by atoms with E-state index in [0.29, 0.717) is 12.6 Å². The van der Waals surface area contributed by atoms with E-state index >= 15 is 0 Å². The maximum Gasteiger partial charge on any atom is 0.0606 e. The minimum atomic E-state index is 0.176. The van der Waals surface area contributed by atoms with Gasteiger partial charge < -0.3 is 15.3 Å². The molecule has 0 heterocycles. The summed E-state index contributed by atoms with van der Waals surface area (Å²) in [5.41, 5.74) is 2.39. The minimum absolute atomic E-state index is 0.176. The number of nitrogens with zero attached hydrogens (tertiary/aromatic N) is 1. The molecule has 0 aromatic heterocycles. The normalized spacial score (nSPS) is 12.5. The van der Waals surface area contributed by atoms with Crippen LogP contribution in [0.4, 0.5) is 5.69 Å². The zero-order valence-electron chi connectivity index (χ0n) is 10.7. The van der Waals surface area contributed by atoms with Gasteiger partial charge in [0.05, 0.1) is 12.3 Å². The van der Waals surface area contributed by atoms with E-state index in [4.69, 9.17) is 5.11 Å². The molecule has 1 rings (SSSR count). The van der Waals surface area contributed by atoms with Gasteiger partial charge in [0.2, 0.25) is 0 Å². The molecule has 1 aromatic carbocycles. The lowest BCUT2D eigenvalue weighted by Gasteiger charge is -2.24. The predicted molar refractivity (Wildman–Crippen MR) is 76.6 cm³/mol. The van der Waals surface area contributed by atoms with E-state index in [0.717, 1.165) is 16.7 Å². The van der Waals surface area contributed by atoms with Crippen molar-refractivity contribution in [3.05, 3.63) is 28.2 Å². The van der Waals surface area contributed by atoms with Gasteiger partial charge in [-0.3, -0.25) is 0 Å². The van der Waals surface area contributed by atoms with Crippen molar-refractivity contribution in [1.29, 1.82) is 0 Å². The quantitative estimate of drug-likeness (QED) is 0.847. The summed E-state index contributed by atoms with van der Waals surface area (Å²) in [5.74, 6) is 0.